The molecule has 2 amide bonds. The van der Waals surface area contributed by atoms with Gasteiger partial charge in [0, 0.05) is 12.0 Å². The Hall–Kier alpha value is -2.21. The number of fused-ring (bicyclic) bond motifs is 1. The van der Waals surface area contributed by atoms with Gasteiger partial charge in [-0.2, -0.15) is 0 Å². The summed E-state index contributed by atoms with van der Waals surface area (Å²) in [7, 11) is 0. The quantitative estimate of drug-likeness (QED) is 0.742. The zero-order valence-corrected chi connectivity index (χ0v) is 11.1. The molecule has 0 radical (unpaired) electrons. The molecule has 1 aromatic rings. The predicted octanol–water partition coefficient (Wildman–Crippen LogP) is -0.580. The molecule has 1 aromatic carbocycles. The summed E-state index contributed by atoms with van der Waals surface area (Å²) in [5.41, 5.74) is -0.626. The van der Waals surface area contributed by atoms with E-state index in [2.05, 4.69) is 0 Å². The van der Waals surface area contributed by atoms with E-state index in [0.717, 1.165) is 4.90 Å². The Balaban J connectivity index is 2.27. The lowest BCUT2D eigenvalue weighted by molar-refractivity contribution is -0.319. The third-order valence-corrected chi connectivity index (χ3v) is 3.41. The zero-order chi connectivity index (χ0) is 15.1. The molecule has 0 unspecified atom stereocenters. The van der Waals surface area contributed by atoms with Crippen LogP contribution in [0.15, 0.2) is 24.3 Å². The lowest BCUT2D eigenvalue weighted by Gasteiger charge is -2.33. The highest BCUT2D eigenvalue weighted by Crippen LogP contribution is 2.28. The van der Waals surface area contributed by atoms with Gasteiger partial charge in [-0.15, -0.1) is 0 Å². The van der Waals surface area contributed by atoms with E-state index < -0.39 is 29.3 Å². The van der Waals surface area contributed by atoms with Gasteiger partial charge in [0.05, 0.1) is 17.1 Å². The van der Waals surface area contributed by atoms with Crippen molar-refractivity contribution in [1.29, 1.82) is 0 Å². The largest absolute Gasteiger partial charge is 0.547 e. The number of carboxylic acid groups (broad SMARTS) is 1. The van der Waals surface area contributed by atoms with Crippen LogP contribution in [0.2, 0.25) is 0 Å². The Morgan fingerprint density at radius 3 is 2.10 bits per heavy atom. The molecule has 0 aliphatic carbocycles. The van der Waals surface area contributed by atoms with Crippen molar-refractivity contribution < 1.29 is 24.6 Å². The van der Waals surface area contributed by atoms with E-state index in [1.165, 1.54) is 26.0 Å². The van der Waals surface area contributed by atoms with Gasteiger partial charge in [-0.25, -0.2) is 0 Å². The number of amides is 2. The Labute approximate surface area is 115 Å². The number of carbonyl (C=O) groups is 3. The molecule has 0 saturated heterocycles. The molecule has 0 aromatic heterocycles. The summed E-state index contributed by atoms with van der Waals surface area (Å²) in [6, 6.07) is 6.37. The van der Waals surface area contributed by atoms with Gasteiger partial charge in [-0.05, 0) is 12.1 Å². The monoisotopic (exact) mass is 276 g/mol. The van der Waals surface area contributed by atoms with Crippen molar-refractivity contribution >= 4 is 17.8 Å². The zero-order valence-electron chi connectivity index (χ0n) is 11.1. The van der Waals surface area contributed by atoms with Gasteiger partial charge in [0.1, 0.15) is 6.10 Å². The number of carbonyl (C=O) groups excluding carboxylic acids is 3. The Morgan fingerprint density at radius 2 is 1.70 bits per heavy atom. The number of aliphatic carboxylic acids is 1. The van der Waals surface area contributed by atoms with Crippen LogP contribution in [0.1, 0.15) is 34.6 Å². The molecule has 0 bridgehead atoms. The maximum Gasteiger partial charge on any atom is 0.261 e. The number of imide groups is 1. The molecule has 6 nitrogen and oxygen atoms in total. The maximum atomic E-state index is 12.1. The van der Waals surface area contributed by atoms with Crippen molar-refractivity contribution in [3.05, 3.63) is 35.4 Å². The van der Waals surface area contributed by atoms with Crippen LogP contribution in [0.4, 0.5) is 0 Å². The van der Waals surface area contributed by atoms with Crippen LogP contribution in [0.25, 0.3) is 0 Å². The molecule has 1 atom stereocenters. The van der Waals surface area contributed by atoms with Gasteiger partial charge < -0.3 is 15.0 Å². The minimum atomic E-state index is -1.77. The molecule has 0 saturated carbocycles. The molecule has 1 aliphatic rings. The second kappa shape index (κ2) is 4.72. The Bertz CT molecular complexity index is 558. The van der Waals surface area contributed by atoms with Crippen molar-refractivity contribution in [2.45, 2.75) is 20.0 Å². The molecule has 106 valence electrons. The van der Waals surface area contributed by atoms with Crippen molar-refractivity contribution in [1.82, 2.24) is 4.90 Å². The summed E-state index contributed by atoms with van der Waals surface area (Å²) in [5.74, 6) is -2.60. The lowest BCUT2D eigenvalue weighted by Crippen LogP contribution is -2.51. The van der Waals surface area contributed by atoms with Crippen LogP contribution in [-0.4, -0.2) is 40.4 Å². The lowest BCUT2D eigenvalue weighted by atomic mass is 9.86. The van der Waals surface area contributed by atoms with Crippen LogP contribution in [0.5, 0.6) is 0 Å². The molecule has 20 heavy (non-hydrogen) atoms. The van der Waals surface area contributed by atoms with Gasteiger partial charge in [0.25, 0.3) is 11.8 Å². The summed E-state index contributed by atoms with van der Waals surface area (Å²) >= 11 is 0. The van der Waals surface area contributed by atoms with Crippen molar-refractivity contribution in [3.63, 3.8) is 0 Å². The number of hydrogen-bond acceptors (Lipinski definition) is 5. The van der Waals surface area contributed by atoms with E-state index in [9.17, 15) is 24.6 Å². The highest BCUT2D eigenvalue weighted by atomic mass is 16.4. The van der Waals surface area contributed by atoms with Crippen LogP contribution < -0.4 is 5.11 Å². The van der Waals surface area contributed by atoms with E-state index in [0.29, 0.717) is 0 Å². The van der Waals surface area contributed by atoms with E-state index in [1.807, 2.05) is 0 Å². The van der Waals surface area contributed by atoms with Gasteiger partial charge >= 0.3 is 0 Å². The Kier molecular flexibility index (Phi) is 3.35. The summed E-state index contributed by atoms with van der Waals surface area (Å²) < 4.78 is 0. The van der Waals surface area contributed by atoms with Crippen LogP contribution in [-0.2, 0) is 4.79 Å². The summed E-state index contributed by atoms with van der Waals surface area (Å²) in [4.78, 5) is 36.0. The van der Waals surface area contributed by atoms with Crippen LogP contribution >= 0.6 is 0 Å². The summed E-state index contributed by atoms with van der Waals surface area (Å²) in [5, 5.41) is 20.3. The third kappa shape index (κ3) is 2.18. The summed E-state index contributed by atoms with van der Waals surface area (Å²) in [6.07, 6.45) is -1.77. The standard InChI is InChI=1S/C14H15NO5/c1-14(2,10(16)13(19)20)7-15-11(17)8-5-3-4-6-9(8)12(15)18/h3-6,10,16H,7H2,1-2H3,(H,19,20)/p-1/t10-/m0/s1. The highest BCUT2D eigenvalue weighted by Gasteiger charge is 2.40. The Morgan fingerprint density at radius 1 is 1.25 bits per heavy atom. The number of rotatable bonds is 4. The second-order valence-corrected chi connectivity index (χ2v) is 5.45. The van der Waals surface area contributed by atoms with Gasteiger partial charge in [0.15, 0.2) is 0 Å². The number of aliphatic hydroxyl groups excluding tert-OH is 1. The summed E-state index contributed by atoms with van der Waals surface area (Å²) in [6.45, 7) is 2.71. The van der Waals surface area contributed by atoms with E-state index in [-0.39, 0.29) is 17.7 Å². The fraction of sp³-hybridized carbons (Fsp3) is 0.357. The SMILES string of the molecule is CC(C)(CN1C(=O)c2ccccc2C1=O)[C@@H](O)C(=O)[O-]. The van der Waals surface area contributed by atoms with Gasteiger partial charge in [-0.1, -0.05) is 26.0 Å². The number of hydrogen-bond donors (Lipinski definition) is 1. The van der Waals surface area contributed by atoms with Gasteiger partial charge in [-0.3, -0.25) is 14.5 Å². The topological polar surface area (TPSA) is 97.7 Å². The molecule has 1 heterocycles. The fourth-order valence-electron chi connectivity index (χ4n) is 2.20. The second-order valence-electron chi connectivity index (χ2n) is 5.45. The highest BCUT2D eigenvalue weighted by molar-refractivity contribution is 6.21. The first kappa shape index (κ1) is 14.2. The normalized spacial score (nSPS) is 16.2. The van der Waals surface area contributed by atoms with Crippen molar-refractivity contribution in [2.75, 3.05) is 6.54 Å². The van der Waals surface area contributed by atoms with E-state index in [1.54, 1.807) is 12.1 Å². The molecular formula is C14H14NO5-. The molecule has 2 rings (SSSR count). The van der Waals surface area contributed by atoms with Crippen LogP contribution in [0, 0.1) is 5.41 Å². The van der Waals surface area contributed by atoms with E-state index >= 15 is 0 Å². The first-order valence-corrected chi connectivity index (χ1v) is 6.10. The minimum absolute atomic E-state index is 0.200. The minimum Gasteiger partial charge on any atom is -0.547 e. The fourth-order valence-corrected chi connectivity index (χ4v) is 2.20. The number of aliphatic hydroxyl groups is 1. The molecule has 1 aliphatic heterocycles. The maximum absolute atomic E-state index is 12.1. The number of nitrogens with zero attached hydrogens (tertiary/aromatic N) is 1. The molecular weight excluding hydrogens is 262 g/mol. The van der Waals surface area contributed by atoms with Crippen LogP contribution in [0.3, 0.4) is 0 Å². The average molecular weight is 276 g/mol. The number of benzene rings is 1. The smallest absolute Gasteiger partial charge is 0.261 e. The van der Waals surface area contributed by atoms with Crippen molar-refractivity contribution in [2.24, 2.45) is 5.41 Å². The number of carboxylic acids is 1. The molecule has 0 fully saturated rings. The predicted molar refractivity (Wildman–Crippen MR) is 66.6 cm³/mol. The average Bonchev–Trinajstić information content (AvgIpc) is 2.63. The van der Waals surface area contributed by atoms with Gasteiger partial charge in [0.2, 0.25) is 0 Å². The van der Waals surface area contributed by atoms with Crippen molar-refractivity contribution in [3.8, 4) is 0 Å². The first-order chi connectivity index (χ1) is 9.25. The molecule has 0 spiro atoms. The first-order valence-electron chi connectivity index (χ1n) is 6.10. The van der Waals surface area contributed by atoms with E-state index in [4.69, 9.17) is 0 Å². The molecule has 1 N–H and O–H groups in total. The molecule has 6 heteroatoms. The third-order valence-electron chi connectivity index (χ3n) is 3.41.